The van der Waals surface area contributed by atoms with Crippen LogP contribution in [0.3, 0.4) is 0 Å². The summed E-state index contributed by atoms with van der Waals surface area (Å²) < 4.78 is 0. The molecule has 150 valence electrons. The maximum Gasteiger partial charge on any atom is 0.282 e. The summed E-state index contributed by atoms with van der Waals surface area (Å²) in [6.45, 7) is 1.89. The summed E-state index contributed by atoms with van der Waals surface area (Å²) in [7, 11) is 0. The van der Waals surface area contributed by atoms with Crippen LogP contribution in [0.5, 0.6) is 0 Å². The van der Waals surface area contributed by atoms with E-state index in [4.69, 9.17) is 34.8 Å². The molecule has 0 fully saturated rings. The minimum absolute atomic E-state index is 0.160. The van der Waals surface area contributed by atoms with E-state index in [9.17, 15) is 9.59 Å². The average molecular weight is 458 g/mol. The van der Waals surface area contributed by atoms with Crippen molar-refractivity contribution in [3.63, 3.8) is 0 Å². The lowest BCUT2D eigenvalue weighted by Crippen LogP contribution is -2.32. The van der Waals surface area contributed by atoms with Crippen molar-refractivity contribution < 1.29 is 9.59 Å². The van der Waals surface area contributed by atoms with E-state index in [1.807, 2.05) is 13.0 Å². The smallest absolute Gasteiger partial charge is 0.282 e. The number of imide groups is 1. The normalized spacial score (nSPS) is 13.9. The molecule has 0 aromatic heterocycles. The van der Waals surface area contributed by atoms with Gasteiger partial charge in [0.1, 0.15) is 5.70 Å². The first-order chi connectivity index (χ1) is 14.3. The molecule has 0 saturated carbocycles. The molecule has 1 N–H and O–H groups in total. The standard InChI is InChI=1S/C23H15Cl3N2O2/c1-13-5-8-17(26)12-19(13)27-21-20(14-6-9-15(24)10-7-14)22(29)28(23(21)30)18-4-2-3-16(25)11-18/h2-12,27H,1H3. The van der Waals surface area contributed by atoms with E-state index in [-0.39, 0.29) is 11.3 Å². The van der Waals surface area contributed by atoms with Crippen LogP contribution in [0.4, 0.5) is 11.4 Å². The number of anilines is 2. The predicted molar refractivity (Wildman–Crippen MR) is 122 cm³/mol. The molecule has 0 bridgehead atoms. The monoisotopic (exact) mass is 456 g/mol. The van der Waals surface area contributed by atoms with E-state index in [0.717, 1.165) is 10.5 Å². The number of hydrogen-bond acceptors (Lipinski definition) is 3. The molecule has 3 aromatic rings. The van der Waals surface area contributed by atoms with Crippen LogP contribution in [0, 0.1) is 6.92 Å². The molecule has 1 aliphatic rings. The van der Waals surface area contributed by atoms with Crippen molar-refractivity contribution in [2.75, 3.05) is 10.2 Å². The first kappa shape index (κ1) is 20.5. The largest absolute Gasteiger partial charge is 0.350 e. The lowest BCUT2D eigenvalue weighted by atomic mass is 10.0. The molecule has 4 nitrogen and oxygen atoms in total. The van der Waals surface area contributed by atoms with Crippen LogP contribution in [0.25, 0.3) is 5.57 Å². The lowest BCUT2D eigenvalue weighted by Gasteiger charge is -2.16. The van der Waals surface area contributed by atoms with Crippen LogP contribution in [-0.4, -0.2) is 11.8 Å². The van der Waals surface area contributed by atoms with E-state index in [2.05, 4.69) is 5.32 Å². The summed E-state index contributed by atoms with van der Waals surface area (Å²) in [5, 5.41) is 4.59. The Labute approximate surface area is 188 Å². The minimum atomic E-state index is -0.480. The first-order valence-electron chi connectivity index (χ1n) is 9.03. The zero-order valence-electron chi connectivity index (χ0n) is 15.7. The maximum atomic E-state index is 13.4. The fourth-order valence-corrected chi connectivity index (χ4v) is 3.73. The summed E-state index contributed by atoms with van der Waals surface area (Å²) in [6, 6.07) is 18.7. The van der Waals surface area contributed by atoms with Crippen molar-refractivity contribution in [1.29, 1.82) is 0 Å². The molecular formula is C23H15Cl3N2O2. The van der Waals surface area contributed by atoms with Crippen LogP contribution in [0.15, 0.2) is 72.4 Å². The summed E-state index contributed by atoms with van der Waals surface area (Å²) in [4.78, 5) is 27.8. The maximum absolute atomic E-state index is 13.4. The van der Waals surface area contributed by atoms with Crippen LogP contribution < -0.4 is 10.2 Å². The Bertz CT molecular complexity index is 1200. The van der Waals surface area contributed by atoms with Crippen molar-refractivity contribution in [3.8, 4) is 0 Å². The van der Waals surface area contributed by atoms with Crippen molar-refractivity contribution >= 4 is 63.6 Å². The van der Waals surface area contributed by atoms with E-state index >= 15 is 0 Å². The van der Waals surface area contributed by atoms with Gasteiger partial charge < -0.3 is 5.32 Å². The Balaban J connectivity index is 1.85. The van der Waals surface area contributed by atoms with Crippen molar-refractivity contribution in [1.82, 2.24) is 0 Å². The first-order valence-corrected chi connectivity index (χ1v) is 10.2. The van der Waals surface area contributed by atoms with Gasteiger partial charge in [-0.05, 0) is 60.5 Å². The fourth-order valence-electron chi connectivity index (χ4n) is 3.24. The van der Waals surface area contributed by atoms with E-state index in [1.54, 1.807) is 60.7 Å². The van der Waals surface area contributed by atoms with E-state index < -0.39 is 11.8 Å². The molecule has 0 radical (unpaired) electrons. The van der Waals surface area contributed by atoms with Gasteiger partial charge >= 0.3 is 0 Å². The zero-order chi connectivity index (χ0) is 21.4. The van der Waals surface area contributed by atoms with Crippen molar-refractivity contribution in [3.05, 3.63) is 98.6 Å². The van der Waals surface area contributed by atoms with Gasteiger partial charge in [-0.3, -0.25) is 9.59 Å². The molecule has 0 saturated heterocycles. The summed E-state index contributed by atoms with van der Waals surface area (Å²) in [5.41, 5.74) is 2.89. The summed E-state index contributed by atoms with van der Waals surface area (Å²) >= 11 is 18.2. The number of halogens is 3. The second-order valence-electron chi connectivity index (χ2n) is 6.77. The Morgan fingerprint density at radius 1 is 0.767 bits per heavy atom. The average Bonchev–Trinajstić information content (AvgIpc) is 2.95. The van der Waals surface area contributed by atoms with Gasteiger partial charge in [-0.25, -0.2) is 4.90 Å². The number of rotatable bonds is 4. The van der Waals surface area contributed by atoms with Crippen molar-refractivity contribution in [2.45, 2.75) is 6.92 Å². The van der Waals surface area contributed by atoms with Gasteiger partial charge in [-0.1, -0.05) is 59.1 Å². The van der Waals surface area contributed by atoms with E-state index in [0.29, 0.717) is 32.0 Å². The Hall–Kier alpha value is -2.79. The number of aryl methyl sites for hydroxylation is 1. The molecule has 3 aromatic carbocycles. The number of hydrogen-bond donors (Lipinski definition) is 1. The number of amides is 2. The molecule has 0 spiro atoms. The zero-order valence-corrected chi connectivity index (χ0v) is 18.0. The predicted octanol–water partition coefficient (Wildman–Crippen LogP) is 6.35. The number of carbonyl (C=O) groups excluding carboxylic acids is 2. The number of nitrogens with one attached hydrogen (secondary N) is 1. The fraction of sp³-hybridized carbons (Fsp3) is 0.0435. The molecule has 7 heteroatoms. The van der Waals surface area contributed by atoms with E-state index in [1.165, 1.54) is 0 Å². The van der Waals surface area contributed by atoms with Crippen LogP contribution in [0.1, 0.15) is 11.1 Å². The van der Waals surface area contributed by atoms with Gasteiger partial charge in [0.15, 0.2) is 0 Å². The lowest BCUT2D eigenvalue weighted by molar-refractivity contribution is -0.120. The van der Waals surface area contributed by atoms with Gasteiger partial charge in [0.25, 0.3) is 11.8 Å². The molecule has 1 aliphatic heterocycles. The second kappa shape index (κ2) is 8.15. The Morgan fingerprint density at radius 3 is 2.13 bits per heavy atom. The molecule has 4 rings (SSSR count). The molecule has 0 unspecified atom stereocenters. The molecule has 0 atom stereocenters. The quantitative estimate of drug-likeness (QED) is 0.464. The molecular weight excluding hydrogens is 443 g/mol. The van der Waals surface area contributed by atoms with Gasteiger partial charge in [0.05, 0.1) is 11.3 Å². The number of carbonyl (C=O) groups is 2. The SMILES string of the molecule is Cc1ccc(Cl)cc1NC1=C(c2ccc(Cl)cc2)C(=O)N(c2cccc(Cl)c2)C1=O. The van der Waals surface area contributed by atoms with Gasteiger partial charge in [-0.15, -0.1) is 0 Å². The third-order valence-corrected chi connectivity index (χ3v) is 5.46. The van der Waals surface area contributed by atoms with Gasteiger partial charge in [0, 0.05) is 20.8 Å². The molecule has 0 aliphatic carbocycles. The van der Waals surface area contributed by atoms with Crippen LogP contribution in [0.2, 0.25) is 15.1 Å². The molecule has 30 heavy (non-hydrogen) atoms. The highest BCUT2D eigenvalue weighted by atomic mass is 35.5. The highest BCUT2D eigenvalue weighted by Crippen LogP contribution is 2.35. The second-order valence-corrected chi connectivity index (χ2v) is 8.08. The Morgan fingerprint density at radius 2 is 1.43 bits per heavy atom. The van der Waals surface area contributed by atoms with Crippen molar-refractivity contribution in [2.24, 2.45) is 0 Å². The van der Waals surface area contributed by atoms with Crippen LogP contribution >= 0.6 is 34.8 Å². The third-order valence-electron chi connectivity index (χ3n) is 4.74. The van der Waals surface area contributed by atoms with Gasteiger partial charge in [-0.2, -0.15) is 0 Å². The number of nitrogens with zero attached hydrogens (tertiary/aromatic N) is 1. The highest BCUT2D eigenvalue weighted by molar-refractivity contribution is 6.46. The topological polar surface area (TPSA) is 49.4 Å². The Kier molecular flexibility index (Phi) is 5.56. The summed E-state index contributed by atoms with van der Waals surface area (Å²) in [6.07, 6.45) is 0. The minimum Gasteiger partial charge on any atom is -0.350 e. The third kappa shape index (κ3) is 3.82. The van der Waals surface area contributed by atoms with Gasteiger partial charge in [0.2, 0.25) is 0 Å². The van der Waals surface area contributed by atoms with Crippen LogP contribution in [-0.2, 0) is 9.59 Å². The highest BCUT2D eigenvalue weighted by Gasteiger charge is 2.40. The molecule has 2 amide bonds. The number of benzene rings is 3. The molecule has 1 heterocycles. The summed E-state index contributed by atoms with van der Waals surface area (Å²) in [5.74, 6) is -0.932.